The Morgan fingerprint density at radius 1 is 1.46 bits per heavy atom. The van der Waals surface area contributed by atoms with Crippen molar-refractivity contribution in [3.8, 4) is 0 Å². The average molecular weight is 217 g/mol. The zero-order valence-electron chi connectivity index (χ0n) is 6.55. The molecule has 0 saturated carbocycles. The van der Waals surface area contributed by atoms with Crippen molar-refractivity contribution in [2.75, 3.05) is 0 Å². The third kappa shape index (κ3) is 1.33. The summed E-state index contributed by atoms with van der Waals surface area (Å²) in [6.07, 6.45) is 0. The van der Waals surface area contributed by atoms with Crippen LogP contribution in [0.25, 0.3) is 10.1 Å². The number of rotatable bonds is 1. The molecule has 2 aromatic rings. The van der Waals surface area contributed by atoms with E-state index < -0.39 is 0 Å². The molecule has 1 aromatic heterocycles. The van der Waals surface area contributed by atoms with Gasteiger partial charge in [-0.2, -0.15) is 0 Å². The minimum atomic E-state index is -0.258. The van der Waals surface area contributed by atoms with Gasteiger partial charge in [0.1, 0.15) is 5.82 Å². The van der Waals surface area contributed by atoms with E-state index in [1.807, 2.05) is 0 Å². The molecule has 0 aliphatic rings. The van der Waals surface area contributed by atoms with Crippen molar-refractivity contribution in [1.29, 1.82) is 0 Å². The minimum absolute atomic E-state index is 0.157. The van der Waals surface area contributed by atoms with E-state index in [9.17, 15) is 4.39 Å². The van der Waals surface area contributed by atoms with Gasteiger partial charge < -0.3 is 5.11 Å². The van der Waals surface area contributed by atoms with Crippen LogP contribution in [0.5, 0.6) is 0 Å². The van der Waals surface area contributed by atoms with Gasteiger partial charge in [0.05, 0.1) is 6.61 Å². The van der Waals surface area contributed by atoms with Gasteiger partial charge in [-0.25, -0.2) is 4.39 Å². The molecule has 13 heavy (non-hydrogen) atoms. The van der Waals surface area contributed by atoms with E-state index in [2.05, 4.69) is 0 Å². The third-order valence-corrected chi connectivity index (χ3v) is 3.28. The lowest BCUT2D eigenvalue weighted by Crippen LogP contribution is -1.84. The zero-order valence-corrected chi connectivity index (χ0v) is 8.12. The van der Waals surface area contributed by atoms with Crippen molar-refractivity contribution in [1.82, 2.24) is 0 Å². The van der Waals surface area contributed by atoms with Gasteiger partial charge in [0.2, 0.25) is 0 Å². The molecule has 0 amide bonds. The monoisotopic (exact) mass is 216 g/mol. The number of benzene rings is 1. The highest BCUT2D eigenvalue weighted by molar-refractivity contribution is 7.17. The van der Waals surface area contributed by atoms with Gasteiger partial charge in [-0.3, -0.25) is 0 Å². The maximum Gasteiger partial charge on any atom is 0.141 e. The second kappa shape index (κ2) is 3.25. The van der Waals surface area contributed by atoms with Crippen LogP contribution in [0.3, 0.4) is 0 Å². The smallest absolute Gasteiger partial charge is 0.141 e. The first kappa shape index (κ1) is 8.94. The predicted octanol–water partition coefficient (Wildman–Crippen LogP) is 3.19. The summed E-state index contributed by atoms with van der Waals surface area (Å²) in [6.45, 7) is -0.157. The molecule has 0 bridgehead atoms. The van der Waals surface area contributed by atoms with Gasteiger partial charge >= 0.3 is 0 Å². The lowest BCUT2D eigenvalue weighted by atomic mass is 10.2. The van der Waals surface area contributed by atoms with Crippen LogP contribution < -0.4 is 0 Å². The second-order valence-electron chi connectivity index (χ2n) is 2.64. The number of fused-ring (bicyclic) bond motifs is 1. The fourth-order valence-corrected chi connectivity index (χ4v) is 2.48. The van der Waals surface area contributed by atoms with Crippen LogP contribution in [0.15, 0.2) is 17.5 Å². The summed E-state index contributed by atoms with van der Waals surface area (Å²) in [7, 11) is 0. The molecule has 4 heteroatoms. The van der Waals surface area contributed by atoms with Gasteiger partial charge in [-0.1, -0.05) is 11.6 Å². The Hall–Kier alpha value is -0.640. The molecule has 1 N–H and O–H groups in total. The Kier molecular flexibility index (Phi) is 2.24. The van der Waals surface area contributed by atoms with Gasteiger partial charge in [-0.05, 0) is 12.1 Å². The predicted molar refractivity (Wildman–Crippen MR) is 52.7 cm³/mol. The molecule has 0 atom stereocenters. The topological polar surface area (TPSA) is 20.2 Å². The molecular weight excluding hydrogens is 211 g/mol. The number of halogens is 2. The Morgan fingerprint density at radius 3 is 2.92 bits per heavy atom. The molecular formula is C9H6ClFOS. The highest BCUT2D eigenvalue weighted by Gasteiger charge is 2.09. The molecule has 0 spiro atoms. The summed E-state index contributed by atoms with van der Waals surface area (Å²) in [5.74, 6) is -0.258. The standard InChI is InChI=1S/C9H6ClFOS/c10-7-2-1-5-8(11)4-13-9(5)6(7)3-12/h1-2,4,12H,3H2. The Labute approximate surface area is 83.4 Å². The van der Waals surface area contributed by atoms with Crippen molar-refractivity contribution in [2.45, 2.75) is 6.61 Å². The fourth-order valence-electron chi connectivity index (χ4n) is 1.25. The summed E-state index contributed by atoms with van der Waals surface area (Å²) in [5, 5.41) is 11.5. The molecule has 0 unspecified atom stereocenters. The van der Waals surface area contributed by atoms with Crippen molar-refractivity contribution in [3.05, 3.63) is 33.9 Å². The number of hydrogen-bond acceptors (Lipinski definition) is 2. The molecule has 0 radical (unpaired) electrons. The van der Waals surface area contributed by atoms with E-state index in [0.29, 0.717) is 16.0 Å². The van der Waals surface area contributed by atoms with Crippen molar-refractivity contribution < 1.29 is 9.50 Å². The molecule has 0 saturated heterocycles. The summed E-state index contributed by atoms with van der Waals surface area (Å²) in [6, 6.07) is 3.23. The maximum absolute atomic E-state index is 13.1. The number of hydrogen-bond donors (Lipinski definition) is 1. The lowest BCUT2D eigenvalue weighted by molar-refractivity contribution is 0.283. The van der Waals surface area contributed by atoms with Gasteiger partial charge in [0, 0.05) is 26.1 Å². The first-order valence-corrected chi connectivity index (χ1v) is 4.94. The van der Waals surface area contributed by atoms with E-state index >= 15 is 0 Å². The van der Waals surface area contributed by atoms with E-state index in [1.165, 1.54) is 16.7 Å². The average Bonchev–Trinajstić information content (AvgIpc) is 2.48. The van der Waals surface area contributed by atoms with Crippen LogP contribution in [-0.4, -0.2) is 5.11 Å². The van der Waals surface area contributed by atoms with Gasteiger partial charge in [0.25, 0.3) is 0 Å². The first-order valence-electron chi connectivity index (χ1n) is 3.69. The van der Waals surface area contributed by atoms with Crippen LogP contribution in [-0.2, 0) is 6.61 Å². The van der Waals surface area contributed by atoms with E-state index in [1.54, 1.807) is 12.1 Å². The summed E-state index contributed by atoms with van der Waals surface area (Å²) in [5.41, 5.74) is 0.605. The van der Waals surface area contributed by atoms with E-state index in [4.69, 9.17) is 16.7 Å². The molecule has 0 aliphatic carbocycles. The quantitative estimate of drug-likeness (QED) is 0.776. The highest BCUT2D eigenvalue weighted by atomic mass is 35.5. The van der Waals surface area contributed by atoms with Gasteiger partial charge in [-0.15, -0.1) is 11.3 Å². The molecule has 68 valence electrons. The van der Waals surface area contributed by atoms with Crippen LogP contribution in [0, 0.1) is 5.82 Å². The lowest BCUT2D eigenvalue weighted by Gasteiger charge is -2.00. The van der Waals surface area contributed by atoms with Crippen molar-refractivity contribution in [3.63, 3.8) is 0 Å². The number of thiophene rings is 1. The summed E-state index contributed by atoms with van der Waals surface area (Å²) >= 11 is 7.10. The number of aliphatic hydroxyl groups is 1. The first-order chi connectivity index (χ1) is 6.24. The maximum atomic E-state index is 13.1. The van der Waals surface area contributed by atoms with Gasteiger partial charge in [0.15, 0.2) is 0 Å². The van der Waals surface area contributed by atoms with Crippen molar-refractivity contribution >= 4 is 33.0 Å². The summed E-state index contributed by atoms with van der Waals surface area (Å²) in [4.78, 5) is 0. The Morgan fingerprint density at radius 2 is 2.23 bits per heavy atom. The van der Waals surface area contributed by atoms with Crippen molar-refractivity contribution in [2.24, 2.45) is 0 Å². The largest absolute Gasteiger partial charge is 0.392 e. The third-order valence-electron chi connectivity index (χ3n) is 1.90. The molecule has 1 aromatic carbocycles. The summed E-state index contributed by atoms with van der Waals surface area (Å²) < 4.78 is 13.8. The van der Waals surface area contributed by atoms with Crippen LogP contribution in [0.1, 0.15) is 5.56 Å². The SMILES string of the molecule is OCc1c(Cl)ccc2c(F)csc12. The van der Waals surface area contributed by atoms with Crippen LogP contribution in [0.2, 0.25) is 5.02 Å². The normalized spacial score (nSPS) is 11.0. The zero-order chi connectivity index (χ0) is 9.42. The van der Waals surface area contributed by atoms with E-state index in [0.717, 1.165) is 4.70 Å². The molecule has 0 fully saturated rings. The Balaban J connectivity index is 2.85. The van der Waals surface area contributed by atoms with Crippen LogP contribution >= 0.6 is 22.9 Å². The molecule has 1 heterocycles. The van der Waals surface area contributed by atoms with E-state index in [-0.39, 0.29) is 12.4 Å². The molecule has 1 nitrogen and oxygen atoms in total. The highest BCUT2D eigenvalue weighted by Crippen LogP contribution is 2.32. The minimum Gasteiger partial charge on any atom is -0.392 e. The Bertz CT molecular complexity index is 452. The second-order valence-corrected chi connectivity index (χ2v) is 3.93. The molecule has 2 rings (SSSR count). The fraction of sp³-hybridized carbons (Fsp3) is 0.111. The number of aliphatic hydroxyl groups excluding tert-OH is 1. The van der Waals surface area contributed by atoms with Crippen LogP contribution in [0.4, 0.5) is 4.39 Å². The molecule has 0 aliphatic heterocycles.